The van der Waals surface area contributed by atoms with E-state index in [1.165, 1.54) is 71.1 Å². The molecule has 2 aliphatic rings. The number of rotatable bonds is 5. The third kappa shape index (κ3) is 3.69. The Morgan fingerprint density at radius 2 is 2.00 bits per heavy atom. The fourth-order valence-electron chi connectivity index (χ4n) is 3.45. The van der Waals surface area contributed by atoms with Crippen molar-refractivity contribution < 1.29 is 0 Å². The fourth-order valence-corrected chi connectivity index (χ4v) is 3.45. The van der Waals surface area contributed by atoms with Gasteiger partial charge in [0.1, 0.15) is 0 Å². The monoisotopic (exact) mass is 238 g/mol. The van der Waals surface area contributed by atoms with Crippen LogP contribution in [0, 0.1) is 0 Å². The molecule has 2 nitrogen and oxygen atoms in total. The molecule has 0 amide bonds. The van der Waals surface area contributed by atoms with E-state index < -0.39 is 0 Å². The van der Waals surface area contributed by atoms with Gasteiger partial charge in [-0.25, -0.2) is 0 Å². The van der Waals surface area contributed by atoms with Crippen molar-refractivity contribution >= 4 is 0 Å². The fraction of sp³-hybridized carbons (Fsp3) is 1.00. The van der Waals surface area contributed by atoms with Crippen molar-refractivity contribution in [3.8, 4) is 0 Å². The average molecular weight is 238 g/mol. The molecule has 2 unspecified atom stereocenters. The molecule has 0 saturated carbocycles. The number of hydrogen-bond acceptors (Lipinski definition) is 2. The smallest absolute Gasteiger partial charge is 0.0223 e. The highest BCUT2D eigenvalue weighted by molar-refractivity contribution is 4.86. The van der Waals surface area contributed by atoms with Gasteiger partial charge in [-0.15, -0.1) is 0 Å². The van der Waals surface area contributed by atoms with Crippen molar-refractivity contribution in [2.75, 3.05) is 26.2 Å². The molecular weight excluding hydrogens is 208 g/mol. The van der Waals surface area contributed by atoms with E-state index in [4.69, 9.17) is 0 Å². The van der Waals surface area contributed by atoms with Crippen LogP contribution in [0.15, 0.2) is 0 Å². The van der Waals surface area contributed by atoms with Crippen LogP contribution in [0.1, 0.15) is 58.8 Å². The lowest BCUT2D eigenvalue weighted by molar-refractivity contribution is 0.0288. The molecular formula is C15H30N2. The van der Waals surface area contributed by atoms with Crippen molar-refractivity contribution in [2.45, 2.75) is 70.9 Å². The number of nitrogens with zero attached hydrogens (tertiary/aromatic N) is 2. The number of hydrogen-bond donors (Lipinski definition) is 0. The number of fused-ring (bicyclic) bond motifs is 1. The van der Waals surface area contributed by atoms with Gasteiger partial charge in [-0.1, -0.05) is 32.6 Å². The van der Waals surface area contributed by atoms with Gasteiger partial charge in [-0.2, -0.15) is 0 Å². The largest absolute Gasteiger partial charge is 0.298 e. The van der Waals surface area contributed by atoms with E-state index in [0.717, 1.165) is 12.1 Å². The van der Waals surface area contributed by atoms with E-state index in [-0.39, 0.29) is 0 Å². The molecule has 17 heavy (non-hydrogen) atoms. The Morgan fingerprint density at radius 3 is 2.82 bits per heavy atom. The van der Waals surface area contributed by atoms with E-state index in [0.29, 0.717) is 0 Å². The van der Waals surface area contributed by atoms with Crippen molar-refractivity contribution in [3.63, 3.8) is 0 Å². The van der Waals surface area contributed by atoms with Crippen LogP contribution in [0.2, 0.25) is 0 Å². The Hall–Kier alpha value is -0.0800. The lowest BCUT2D eigenvalue weighted by Crippen LogP contribution is -2.56. The summed E-state index contributed by atoms with van der Waals surface area (Å²) in [5.41, 5.74) is 0. The second-order valence-corrected chi connectivity index (χ2v) is 6.03. The quantitative estimate of drug-likeness (QED) is 0.679. The molecule has 0 aromatic heterocycles. The predicted molar refractivity (Wildman–Crippen MR) is 74.4 cm³/mol. The van der Waals surface area contributed by atoms with Crippen LogP contribution in [0.5, 0.6) is 0 Å². The minimum absolute atomic E-state index is 0.811. The average Bonchev–Trinajstić information content (AvgIpc) is 2.38. The van der Waals surface area contributed by atoms with Crippen LogP contribution in [0.25, 0.3) is 0 Å². The number of piperazine rings is 1. The second kappa shape index (κ2) is 6.75. The van der Waals surface area contributed by atoms with E-state index >= 15 is 0 Å². The highest BCUT2D eigenvalue weighted by Gasteiger charge is 2.30. The van der Waals surface area contributed by atoms with Gasteiger partial charge in [-0.3, -0.25) is 9.80 Å². The molecule has 2 aliphatic heterocycles. The first-order valence-electron chi connectivity index (χ1n) is 7.79. The molecule has 0 radical (unpaired) electrons. The molecule has 100 valence electrons. The van der Waals surface area contributed by atoms with Gasteiger partial charge in [0.25, 0.3) is 0 Å². The maximum Gasteiger partial charge on any atom is 0.0223 e. The molecule has 2 rings (SSSR count). The van der Waals surface area contributed by atoms with Gasteiger partial charge in [0.05, 0.1) is 0 Å². The Labute approximate surface area is 107 Å². The summed E-state index contributed by atoms with van der Waals surface area (Å²) in [7, 11) is 0. The van der Waals surface area contributed by atoms with E-state index in [9.17, 15) is 0 Å². The molecule has 2 saturated heterocycles. The van der Waals surface area contributed by atoms with Crippen LogP contribution >= 0.6 is 0 Å². The van der Waals surface area contributed by atoms with Crippen LogP contribution in [0.3, 0.4) is 0 Å². The second-order valence-electron chi connectivity index (χ2n) is 6.03. The van der Waals surface area contributed by atoms with Gasteiger partial charge < -0.3 is 0 Å². The maximum absolute atomic E-state index is 2.75. The topological polar surface area (TPSA) is 6.48 Å². The zero-order valence-corrected chi connectivity index (χ0v) is 11.8. The van der Waals surface area contributed by atoms with Crippen LogP contribution in [0.4, 0.5) is 0 Å². The van der Waals surface area contributed by atoms with E-state index in [1.54, 1.807) is 0 Å². The summed E-state index contributed by atoms with van der Waals surface area (Å²) < 4.78 is 0. The summed E-state index contributed by atoms with van der Waals surface area (Å²) in [6, 6.07) is 1.69. The zero-order valence-electron chi connectivity index (χ0n) is 11.8. The molecule has 0 spiro atoms. The van der Waals surface area contributed by atoms with E-state index in [2.05, 4.69) is 23.6 Å². The highest BCUT2D eigenvalue weighted by Crippen LogP contribution is 2.23. The highest BCUT2D eigenvalue weighted by atomic mass is 15.3. The van der Waals surface area contributed by atoms with Gasteiger partial charge in [-0.05, 0) is 32.7 Å². The third-order valence-electron chi connectivity index (χ3n) is 4.72. The van der Waals surface area contributed by atoms with Crippen LogP contribution in [-0.4, -0.2) is 48.1 Å². The SMILES string of the molecule is CCCCCC(C)N1CCN2CCCCC2C1. The Bertz CT molecular complexity index is 217. The first-order valence-corrected chi connectivity index (χ1v) is 7.79. The minimum atomic E-state index is 0.811. The molecule has 2 heteroatoms. The summed E-state index contributed by atoms with van der Waals surface area (Å²) in [5.74, 6) is 0. The lowest BCUT2D eigenvalue weighted by atomic mass is 9.98. The van der Waals surface area contributed by atoms with Crippen molar-refractivity contribution in [1.82, 2.24) is 9.80 Å². The molecule has 0 aromatic rings. The van der Waals surface area contributed by atoms with Crippen LogP contribution < -0.4 is 0 Å². The molecule has 2 fully saturated rings. The summed E-state index contributed by atoms with van der Waals surface area (Å²) in [5, 5.41) is 0. The first-order chi connectivity index (χ1) is 8.31. The third-order valence-corrected chi connectivity index (χ3v) is 4.72. The van der Waals surface area contributed by atoms with Crippen molar-refractivity contribution in [3.05, 3.63) is 0 Å². The Kier molecular flexibility index (Phi) is 5.30. The number of unbranched alkanes of at least 4 members (excludes halogenated alkanes) is 2. The van der Waals surface area contributed by atoms with Gasteiger partial charge >= 0.3 is 0 Å². The van der Waals surface area contributed by atoms with E-state index in [1.807, 2.05) is 0 Å². The molecule has 0 bridgehead atoms. The zero-order chi connectivity index (χ0) is 12.1. The normalized spacial score (nSPS) is 28.9. The maximum atomic E-state index is 2.75. The number of piperidine rings is 1. The predicted octanol–water partition coefficient (Wildman–Crippen LogP) is 3.13. The summed E-state index contributed by atoms with van der Waals surface area (Å²) in [4.78, 5) is 5.49. The standard InChI is InChI=1S/C15H30N2/c1-3-4-5-8-14(2)17-12-11-16-10-7-6-9-15(16)13-17/h14-15H,3-13H2,1-2H3. The molecule has 2 atom stereocenters. The van der Waals surface area contributed by atoms with Crippen molar-refractivity contribution in [2.24, 2.45) is 0 Å². The molecule has 0 aliphatic carbocycles. The first kappa shape index (κ1) is 13.4. The van der Waals surface area contributed by atoms with Gasteiger partial charge in [0.2, 0.25) is 0 Å². The lowest BCUT2D eigenvalue weighted by Gasteiger charge is -2.46. The van der Waals surface area contributed by atoms with Crippen molar-refractivity contribution in [1.29, 1.82) is 0 Å². The van der Waals surface area contributed by atoms with Gasteiger partial charge in [0, 0.05) is 31.7 Å². The Morgan fingerprint density at radius 1 is 1.12 bits per heavy atom. The Balaban J connectivity index is 1.74. The van der Waals surface area contributed by atoms with Crippen LogP contribution in [-0.2, 0) is 0 Å². The molecule has 0 aromatic carbocycles. The van der Waals surface area contributed by atoms with Gasteiger partial charge in [0.15, 0.2) is 0 Å². The molecule has 0 N–H and O–H groups in total. The minimum Gasteiger partial charge on any atom is -0.298 e. The summed E-state index contributed by atoms with van der Waals surface area (Å²) in [6.07, 6.45) is 9.92. The summed E-state index contributed by atoms with van der Waals surface area (Å²) >= 11 is 0. The molecule has 2 heterocycles. The summed E-state index contributed by atoms with van der Waals surface area (Å²) in [6.45, 7) is 10.1.